The first kappa shape index (κ1) is 14.6. The minimum absolute atomic E-state index is 0.0795. The van der Waals surface area contributed by atoms with Gasteiger partial charge in [-0.1, -0.05) is 52.0 Å². The number of thiazole rings is 1. The van der Waals surface area contributed by atoms with Crippen molar-refractivity contribution in [3.63, 3.8) is 0 Å². The Labute approximate surface area is 125 Å². The Morgan fingerprint density at radius 2 is 1.79 bits per heavy atom. The molecular formula is C16H21NS2. The van der Waals surface area contributed by atoms with Crippen LogP contribution in [0, 0.1) is 0 Å². The van der Waals surface area contributed by atoms with Gasteiger partial charge in [-0.15, -0.1) is 11.3 Å². The summed E-state index contributed by atoms with van der Waals surface area (Å²) < 4.78 is 0. The Morgan fingerprint density at radius 1 is 1.16 bits per heavy atom. The molecule has 0 unspecified atom stereocenters. The van der Waals surface area contributed by atoms with Crippen LogP contribution >= 0.6 is 24.0 Å². The van der Waals surface area contributed by atoms with Gasteiger partial charge in [-0.3, -0.25) is 0 Å². The zero-order valence-electron chi connectivity index (χ0n) is 12.0. The largest absolute Gasteiger partial charge is 0.240 e. The van der Waals surface area contributed by atoms with Crippen molar-refractivity contribution in [1.29, 1.82) is 0 Å². The van der Waals surface area contributed by atoms with E-state index in [1.807, 2.05) is 0 Å². The molecule has 1 aromatic carbocycles. The quantitative estimate of drug-likeness (QED) is 0.776. The zero-order chi connectivity index (χ0) is 14.0. The lowest BCUT2D eigenvalue weighted by Crippen LogP contribution is -2.13. The van der Waals surface area contributed by atoms with E-state index in [2.05, 4.69) is 64.6 Å². The molecule has 0 N–H and O–H groups in total. The summed E-state index contributed by atoms with van der Waals surface area (Å²) in [4.78, 5) is 6.13. The van der Waals surface area contributed by atoms with E-state index in [0.717, 1.165) is 17.2 Å². The Morgan fingerprint density at radius 3 is 2.21 bits per heavy atom. The molecule has 1 aromatic heterocycles. The molecule has 0 saturated heterocycles. The van der Waals surface area contributed by atoms with Gasteiger partial charge in [0.2, 0.25) is 0 Å². The number of benzene rings is 1. The van der Waals surface area contributed by atoms with Gasteiger partial charge in [0.25, 0.3) is 0 Å². The van der Waals surface area contributed by atoms with E-state index in [0.29, 0.717) is 0 Å². The van der Waals surface area contributed by atoms with Gasteiger partial charge >= 0.3 is 0 Å². The van der Waals surface area contributed by atoms with Crippen molar-refractivity contribution in [3.8, 4) is 10.6 Å². The van der Waals surface area contributed by atoms with Gasteiger partial charge in [0.15, 0.2) is 0 Å². The fraction of sp³-hybridized carbons (Fsp3) is 0.438. The topological polar surface area (TPSA) is 12.9 Å². The molecule has 0 spiro atoms. The van der Waals surface area contributed by atoms with Crippen molar-refractivity contribution in [2.45, 2.75) is 45.3 Å². The summed E-state index contributed by atoms with van der Waals surface area (Å²) in [6.45, 7) is 8.80. The number of hydrogen-bond acceptors (Lipinski definition) is 3. The second-order valence-electron chi connectivity index (χ2n) is 5.75. The van der Waals surface area contributed by atoms with Crippen molar-refractivity contribution in [1.82, 2.24) is 4.98 Å². The first-order chi connectivity index (χ1) is 8.95. The standard InChI is InChI=1S/C16H21NS2/c1-5-11-6-8-12(9-7-11)15-17-14(16(2,3)4)13(10-18)19-15/h6-9,18H,5,10H2,1-4H3. The fourth-order valence-electron chi connectivity index (χ4n) is 2.05. The number of aromatic nitrogens is 1. The van der Waals surface area contributed by atoms with Gasteiger partial charge in [-0.05, 0) is 12.0 Å². The lowest BCUT2D eigenvalue weighted by Gasteiger charge is -2.16. The highest BCUT2D eigenvalue weighted by Crippen LogP contribution is 2.35. The lowest BCUT2D eigenvalue weighted by atomic mass is 9.91. The summed E-state index contributed by atoms with van der Waals surface area (Å²) in [6, 6.07) is 8.72. The highest BCUT2D eigenvalue weighted by molar-refractivity contribution is 7.79. The molecule has 2 aromatic rings. The third-order valence-corrected chi connectivity index (χ3v) is 4.80. The molecule has 0 atom stereocenters. The van der Waals surface area contributed by atoms with Crippen LogP contribution in [0.4, 0.5) is 0 Å². The van der Waals surface area contributed by atoms with E-state index in [1.54, 1.807) is 11.3 Å². The van der Waals surface area contributed by atoms with Crippen LogP contribution in [0.3, 0.4) is 0 Å². The minimum Gasteiger partial charge on any atom is -0.240 e. The van der Waals surface area contributed by atoms with Crippen LogP contribution in [0.25, 0.3) is 10.6 Å². The molecule has 0 fully saturated rings. The van der Waals surface area contributed by atoms with Crippen LogP contribution in [0.5, 0.6) is 0 Å². The highest BCUT2D eigenvalue weighted by Gasteiger charge is 2.22. The van der Waals surface area contributed by atoms with E-state index in [1.165, 1.54) is 21.7 Å². The highest BCUT2D eigenvalue weighted by atomic mass is 32.1. The van der Waals surface area contributed by atoms with Crippen LogP contribution in [0.15, 0.2) is 24.3 Å². The first-order valence-corrected chi connectivity index (χ1v) is 8.11. The molecule has 1 nitrogen and oxygen atoms in total. The van der Waals surface area contributed by atoms with Crippen molar-refractivity contribution >= 4 is 24.0 Å². The van der Waals surface area contributed by atoms with Crippen LogP contribution < -0.4 is 0 Å². The Bertz CT molecular complexity index is 547. The monoisotopic (exact) mass is 291 g/mol. The average Bonchev–Trinajstić information content (AvgIpc) is 2.83. The van der Waals surface area contributed by atoms with E-state index < -0.39 is 0 Å². The summed E-state index contributed by atoms with van der Waals surface area (Å²) in [6.07, 6.45) is 1.08. The number of rotatable bonds is 3. The maximum absolute atomic E-state index is 4.85. The fourth-order valence-corrected chi connectivity index (χ4v) is 3.53. The van der Waals surface area contributed by atoms with Gasteiger partial charge in [-0.2, -0.15) is 12.6 Å². The Kier molecular flexibility index (Phi) is 4.36. The lowest BCUT2D eigenvalue weighted by molar-refractivity contribution is 0.569. The molecule has 0 radical (unpaired) electrons. The molecule has 1 heterocycles. The molecule has 0 aliphatic rings. The second kappa shape index (κ2) is 5.68. The smallest absolute Gasteiger partial charge is 0.123 e. The summed E-state index contributed by atoms with van der Waals surface area (Å²) in [5, 5.41) is 1.11. The summed E-state index contributed by atoms with van der Waals surface area (Å²) in [7, 11) is 0. The molecule has 0 amide bonds. The van der Waals surface area contributed by atoms with Gasteiger partial charge in [0.05, 0.1) is 5.69 Å². The number of nitrogens with zero attached hydrogens (tertiary/aromatic N) is 1. The second-order valence-corrected chi connectivity index (χ2v) is 7.15. The molecule has 3 heteroatoms. The van der Waals surface area contributed by atoms with Crippen LogP contribution in [-0.4, -0.2) is 4.98 Å². The van der Waals surface area contributed by atoms with Crippen LogP contribution in [0.2, 0.25) is 0 Å². The van der Waals surface area contributed by atoms with Gasteiger partial charge in [0.1, 0.15) is 5.01 Å². The minimum atomic E-state index is 0.0795. The SMILES string of the molecule is CCc1ccc(-c2nc(C(C)(C)C)c(CS)s2)cc1. The van der Waals surface area contributed by atoms with Crippen molar-refractivity contribution in [2.24, 2.45) is 0 Å². The third-order valence-electron chi connectivity index (χ3n) is 3.16. The van der Waals surface area contributed by atoms with E-state index >= 15 is 0 Å². The van der Waals surface area contributed by atoms with E-state index in [4.69, 9.17) is 4.98 Å². The third kappa shape index (κ3) is 3.21. The van der Waals surface area contributed by atoms with Crippen LogP contribution in [0.1, 0.15) is 43.8 Å². The normalized spacial score (nSPS) is 11.8. The zero-order valence-corrected chi connectivity index (χ0v) is 13.7. The van der Waals surface area contributed by atoms with Gasteiger partial charge in [0, 0.05) is 21.6 Å². The molecule has 2 rings (SSSR count). The maximum atomic E-state index is 4.85. The van der Waals surface area contributed by atoms with E-state index in [9.17, 15) is 0 Å². The Balaban J connectivity index is 2.42. The first-order valence-electron chi connectivity index (χ1n) is 6.66. The van der Waals surface area contributed by atoms with Crippen LogP contribution in [-0.2, 0) is 17.6 Å². The molecule has 0 aliphatic heterocycles. The predicted molar refractivity (Wildman–Crippen MR) is 88.3 cm³/mol. The average molecular weight is 291 g/mol. The molecule has 102 valence electrons. The molecule has 0 bridgehead atoms. The Hall–Kier alpha value is -0.800. The molecule has 0 aliphatic carbocycles. The van der Waals surface area contributed by atoms with Gasteiger partial charge in [-0.25, -0.2) is 4.98 Å². The molecule has 19 heavy (non-hydrogen) atoms. The van der Waals surface area contributed by atoms with Crippen molar-refractivity contribution in [3.05, 3.63) is 40.4 Å². The van der Waals surface area contributed by atoms with Crippen molar-refractivity contribution < 1.29 is 0 Å². The summed E-state index contributed by atoms with van der Waals surface area (Å²) in [5.41, 5.74) is 3.84. The molecular weight excluding hydrogens is 270 g/mol. The van der Waals surface area contributed by atoms with Crippen molar-refractivity contribution in [2.75, 3.05) is 0 Å². The maximum Gasteiger partial charge on any atom is 0.123 e. The number of thiol groups is 1. The van der Waals surface area contributed by atoms with Gasteiger partial charge < -0.3 is 0 Å². The van der Waals surface area contributed by atoms with E-state index in [-0.39, 0.29) is 5.41 Å². The predicted octanol–water partition coefficient (Wildman–Crippen LogP) is 5.10. The summed E-state index contributed by atoms with van der Waals surface area (Å²) in [5.74, 6) is 0.761. The number of aryl methyl sites for hydroxylation is 1. The molecule has 0 saturated carbocycles. The number of hydrogen-bond donors (Lipinski definition) is 1. The summed E-state index contributed by atoms with van der Waals surface area (Å²) >= 11 is 6.20.